The van der Waals surface area contributed by atoms with Gasteiger partial charge in [-0.1, -0.05) is 65.7 Å². The Kier molecular flexibility index (Phi) is 15.7. The van der Waals surface area contributed by atoms with Gasteiger partial charge in [0.15, 0.2) is 11.6 Å². The van der Waals surface area contributed by atoms with Gasteiger partial charge < -0.3 is 34.8 Å². The molecule has 0 aliphatic carbocycles. The van der Waals surface area contributed by atoms with Gasteiger partial charge >= 0.3 is 0 Å². The van der Waals surface area contributed by atoms with Gasteiger partial charge in [-0.15, -0.1) is 0 Å². The van der Waals surface area contributed by atoms with Crippen LogP contribution >= 0.6 is 23.2 Å². The molecule has 9 nitrogen and oxygen atoms in total. The summed E-state index contributed by atoms with van der Waals surface area (Å²) in [6, 6.07) is 26.2. The van der Waals surface area contributed by atoms with Gasteiger partial charge in [0, 0.05) is 78.6 Å². The van der Waals surface area contributed by atoms with Crippen LogP contribution in [0.15, 0.2) is 91.1 Å². The molecule has 4 aromatic carbocycles. The van der Waals surface area contributed by atoms with Crippen LogP contribution in [-0.4, -0.2) is 107 Å². The number of hydrogen-bond donors (Lipinski definition) is 3. The Hall–Kier alpha value is -3.91. The number of nitrogens with one attached hydrogen (secondary N) is 2. The number of piperidine rings is 1. The van der Waals surface area contributed by atoms with Crippen LogP contribution in [0.2, 0.25) is 10.0 Å². The van der Waals surface area contributed by atoms with Crippen LogP contribution in [-0.2, 0) is 33.0 Å². The minimum absolute atomic E-state index is 0.0297. The van der Waals surface area contributed by atoms with Crippen molar-refractivity contribution in [2.24, 2.45) is 13.0 Å². The molecule has 2 aliphatic rings. The maximum atomic E-state index is 16.2. The monoisotopic (exact) mass is 887 g/mol. The Morgan fingerprint density at radius 2 is 1.71 bits per heavy atom. The fourth-order valence-electron chi connectivity index (χ4n) is 9.14. The fourth-order valence-corrected chi connectivity index (χ4v) is 9.46. The van der Waals surface area contributed by atoms with Crippen LogP contribution < -0.4 is 15.4 Å². The van der Waals surface area contributed by atoms with Crippen molar-refractivity contribution >= 4 is 23.2 Å². The van der Waals surface area contributed by atoms with E-state index in [0.717, 1.165) is 68.3 Å². The molecule has 2 fully saturated rings. The molecular weight excluding hydrogens is 827 g/mol. The second-order valence-electron chi connectivity index (χ2n) is 17.7. The molecular formula is C49H61Cl2F2N7O2. The molecule has 1 aromatic heterocycles. The molecule has 3 N–H and O–H groups in total. The normalized spacial score (nSPS) is 23.0. The summed E-state index contributed by atoms with van der Waals surface area (Å²) in [5.41, 5.74) is 4.08. The van der Waals surface area contributed by atoms with E-state index in [1.54, 1.807) is 24.4 Å². The molecule has 3 heterocycles. The van der Waals surface area contributed by atoms with E-state index in [2.05, 4.69) is 74.8 Å². The maximum absolute atomic E-state index is 16.2. The Morgan fingerprint density at radius 1 is 0.919 bits per heavy atom. The van der Waals surface area contributed by atoms with Gasteiger partial charge in [-0.2, -0.15) is 0 Å². The van der Waals surface area contributed by atoms with Gasteiger partial charge in [-0.25, -0.2) is 13.8 Å². The Balaban J connectivity index is 1.15. The molecule has 1 unspecified atom stereocenters. The standard InChI is InChI=1S/C49H61Cl2F2N7O2/c1-34-26-54-41(32-61)27-56-49(25-36-11-14-39(50)15-12-36)18-8-19-59(33-49)29-37(21-35-9-6-5-7-10-35)17-20-60(34)30-42-43(52)23-40(51)24-47(42)62-46-16-13-38(22-44(46)53)45-28-55-48(58(45)4)31-57(2)3/h5-7,9-16,22-24,28,34,37,41,54,56,61H,8,17-21,25-27,29-33H2,1-4H3/t34-,37-,41-,49+/m0/s1. The lowest BCUT2D eigenvalue weighted by atomic mass is 9.82. The first kappa shape index (κ1) is 46.1. The molecule has 332 valence electrons. The highest BCUT2D eigenvalue weighted by atomic mass is 35.5. The third-order valence-electron chi connectivity index (χ3n) is 12.6. The summed E-state index contributed by atoms with van der Waals surface area (Å²) in [5, 5.41) is 19.1. The van der Waals surface area contributed by atoms with Crippen LogP contribution in [0.5, 0.6) is 11.5 Å². The van der Waals surface area contributed by atoms with E-state index in [1.807, 2.05) is 42.7 Å². The number of ether oxygens (including phenoxy) is 1. The van der Waals surface area contributed by atoms with E-state index >= 15 is 8.78 Å². The molecule has 5 atom stereocenters. The SMILES string of the molecule is C[C@H]1CN[C@H](CO)CN[C@@]2(Cc3ccc(Cl)cc3)CCCN(C[C@H](Cc3ccccc3)CCN1Cc1c(F)cc(Cl)cc1Oc1ccc(-c3cnc(CN(C)C)n3C)cc1F)C2. The number of benzene rings is 4. The van der Waals surface area contributed by atoms with Crippen LogP contribution in [0.3, 0.4) is 0 Å². The second kappa shape index (κ2) is 21.2. The predicted octanol–water partition coefficient (Wildman–Crippen LogP) is 8.60. The molecule has 0 saturated carbocycles. The van der Waals surface area contributed by atoms with Crippen LogP contribution in [0.4, 0.5) is 8.78 Å². The molecule has 0 amide bonds. The maximum Gasteiger partial charge on any atom is 0.166 e. The summed E-state index contributed by atoms with van der Waals surface area (Å²) in [4.78, 5) is 11.4. The lowest BCUT2D eigenvalue weighted by Crippen LogP contribution is -2.61. The van der Waals surface area contributed by atoms with E-state index in [4.69, 9.17) is 27.9 Å². The number of hydrogen-bond acceptors (Lipinski definition) is 8. The highest BCUT2D eigenvalue weighted by Crippen LogP contribution is 2.36. The molecule has 0 spiro atoms. The summed E-state index contributed by atoms with van der Waals surface area (Å²) in [5.74, 6) is 0.210. The summed E-state index contributed by atoms with van der Waals surface area (Å²) in [7, 11) is 5.86. The number of fused-ring (bicyclic) bond motifs is 2. The second-order valence-corrected chi connectivity index (χ2v) is 18.6. The summed E-state index contributed by atoms with van der Waals surface area (Å²) in [6.07, 6.45) is 6.47. The molecule has 0 radical (unpaired) electrons. The van der Waals surface area contributed by atoms with E-state index in [1.165, 1.54) is 23.3 Å². The van der Waals surface area contributed by atoms with Gasteiger partial charge in [0.1, 0.15) is 17.4 Å². The quantitative estimate of drug-likeness (QED) is 0.115. The van der Waals surface area contributed by atoms with Crippen molar-refractivity contribution in [3.63, 3.8) is 0 Å². The molecule has 2 aliphatic heterocycles. The van der Waals surface area contributed by atoms with E-state index in [9.17, 15) is 5.11 Å². The number of aliphatic hydroxyl groups is 1. The molecule has 5 aromatic rings. The number of nitrogens with zero attached hydrogens (tertiary/aromatic N) is 5. The molecule has 2 saturated heterocycles. The zero-order valence-electron chi connectivity index (χ0n) is 36.4. The first-order valence-electron chi connectivity index (χ1n) is 21.8. The molecule has 13 heteroatoms. The predicted molar refractivity (Wildman–Crippen MR) is 246 cm³/mol. The number of rotatable bonds is 12. The van der Waals surface area contributed by atoms with Gasteiger partial charge in [0.05, 0.1) is 25.0 Å². The topological polar surface area (TPSA) is 81.1 Å². The Morgan fingerprint density at radius 3 is 2.45 bits per heavy atom. The van der Waals surface area contributed by atoms with Crippen molar-refractivity contribution in [3.8, 4) is 22.8 Å². The Bertz CT molecular complexity index is 2230. The third-order valence-corrected chi connectivity index (χ3v) is 13.0. The largest absolute Gasteiger partial charge is 0.454 e. The summed E-state index contributed by atoms with van der Waals surface area (Å²) in [6.45, 7) is 7.56. The van der Waals surface area contributed by atoms with Crippen LogP contribution in [0, 0.1) is 17.6 Å². The van der Waals surface area contributed by atoms with Crippen molar-refractivity contribution in [1.82, 2.24) is 34.9 Å². The van der Waals surface area contributed by atoms with Crippen molar-refractivity contribution < 1.29 is 18.6 Å². The van der Waals surface area contributed by atoms with E-state index < -0.39 is 11.6 Å². The highest BCUT2D eigenvalue weighted by Gasteiger charge is 2.37. The lowest BCUT2D eigenvalue weighted by molar-refractivity contribution is 0.0881. The molecule has 62 heavy (non-hydrogen) atoms. The highest BCUT2D eigenvalue weighted by molar-refractivity contribution is 6.31. The van der Waals surface area contributed by atoms with Gasteiger partial charge in [-0.05, 0) is 126 Å². The lowest BCUT2D eigenvalue weighted by Gasteiger charge is -2.46. The number of imidazole rings is 1. The zero-order chi connectivity index (χ0) is 43.8. The Labute approximate surface area is 376 Å². The number of aromatic nitrogens is 2. The number of halogens is 4. The van der Waals surface area contributed by atoms with Crippen LogP contribution in [0.1, 0.15) is 48.7 Å². The van der Waals surface area contributed by atoms with E-state index in [0.29, 0.717) is 43.2 Å². The average molecular weight is 889 g/mol. The fraction of sp³-hybridized carbons (Fsp3) is 0.449. The van der Waals surface area contributed by atoms with Crippen molar-refractivity contribution in [3.05, 3.63) is 135 Å². The number of aliphatic hydroxyl groups excluding tert-OH is 1. The average Bonchev–Trinajstić information content (AvgIpc) is 3.60. The van der Waals surface area contributed by atoms with Crippen molar-refractivity contribution in [1.29, 1.82) is 0 Å². The van der Waals surface area contributed by atoms with Gasteiger partial charge in [-0.3, -0.25) is 4.90 Å². The van der Waals surface area contributed by atoms with Crippen molar-refractivity contribution in [2.45, 2.75) is 69.7 Å². The van der Waals surface area contributed by atoms with Gasteiger partial charge in [0.2, 0.25) is 0 Å². The van der Waals surface area contributed by atoms with Gasteiger partial charge in [0.25, 0.3) is 0 Å². The first-order chi connectivity index (χ1) is 29.9. The summed E-state index contributed by atoms with van der Waals surface area (Å²) >= 11 is 12.7. The minimum Gasteiger partial charge on any atom is -0.454 e. The molecule has 2 bridgehead atoms. The third kappa shape index (κ3) is 12.0. The zero-order valence-corrected chi connectivity index (χ0v) is 37.9. The van der Waals surface area contributed by atoms with Crippen molar-refractivity contribution in [2.75, 3.05) is 60.0 Å². The van der Waals surface area contributed by atoms with E-state index in [-0.39, 0.29) is 47.3 Å². The van der Waals surface area contributed by atoms with Crippen LogP contribution in [0.25, 0.3) is 11.3 Å². The smallest absolute Gasteiger partial charge is 0.166 e. The summed E-state index contributed by atoms with van der Waals surface area (Å²) < 4.78 is 40.3. The minimum atomic E-state index is -0.581. The molecule has 7 rings (SSSR count). The first-order valence-corrected chi connectivity index (χ1v) is 22.6.